The van der Waals surface area contributed by atoms with Crippen LogP contribution in [0.2, 0.25) is 0 Å². The number of likely N-dealkylation sites (tertiary alicyclic amines) is 2. The molecule has 0 spiro atoms. The van der Waals surface area contributed by atoms with E-state index in [2.05, 4.69) is 31.2 Å². The van der Waals surface area contributed by atoms with E-state index in [0.717, 1.165) is 62.4 Å². The molecule has 3 aliphatic heterocycles. The van der Waals surface area contributed by atoms with Gasteiger partial charge in [0.15, 0.2) is 11.3 Å². The van der Waals surface area contributed by atoms with E-state index in [1.54, 1.807) is 4.68 Å². The van der Waals surface area contributed by atoms with Crippen molar-refractivity contribution in [2.75, 3.05) is 57.3 Å². The number of aryl methyl sites for hydroxylation is 1. The molecule has 1 amide bonds. The summed E-state index contributed by atoms with van der Waals surface area (Å²) < 4.78 is 1.77. The highest BCUT2D eigenvalue weighted by Gasteiger charge is 2.25. The lowest BCUT2D eigenvalue weighted by molar-refractivity contribution is 0.0902. The summed E-state index contributed by atoms with van der Waals surface area (Å²) in [4.78, 5) is 25.7. The minimum absolute atomic E-state index is 0.0653. The first-order chi connectivity index (χ1) is 17.7. The summed E-state index contributed by atoms with van der Waals surface area (Å²) in [5, 5.41) is 8.71. The van der Waals surface area contributed by atoms with Crippen molar-refractivity contribution in [3.63, 3.8) is 0 Å². The van der Waals surface area contributed by atoms with Crippen LogP contribution in [-0.2, 0) is 7.05 Å². The Balaban J connectivity index is 1.15. The third kappa shape index (κ3) is 6.38. The Labute approximate surface area is 216 Å². The topological polar surface area (TPSA) is 69.5 Å². The van der Waals surface area contributed by atoms with Crippen LogP contribution in [0.15, 0.2) is 12.1 Å². The van der Waals surface area contributed by atoms with Gasteiger partial charge in [-0.1, -0.05) is 32.1 Å². The maximum Gasteiger partial charge on any atom is 0.272 e. The second-order valence-electron chi connectivity index (χ2n) is 11.1. The Morgan fingerprint density at radius 1 is 0.833 bits per heavy atom. The summed E-state index contributed by atoms with van der Waals surface area (Å²) in [6, 6.07) is 4.34. The molecule has 0 bridgehead atoms. The average Bonchev–Trinajstić information content (AvgIpc) is 3.03. The largest absolute Gasteiger partial charge is 0.357 e. The average molecular weight is 496 g/mol. The van der Waals surface area contributed by atoms with Crippen LogP contribution in [0.25, 0.3) is 11.0 Å². The zero-order valence-corrected chi connectivity index (χ0v) is 22.3. The molecular weight excluding hydrogens is 450 g/mol. The fourth-order valence-electron chi connectivity index (χ4n) is 6.14. The maximum absolute atomic E-state index is 13.2. The second kappa shape index (κ2) is 12.4. The number of carbonyl (C=O) groups is 1. The lowest BCUT2D eigenvalue weighted by atomic mass is 10.0. The monoisotopic (exact) mass is 495 g/mol. The van der Waals surface area contributed by atoms with Crippen LogP contribution in [0.3, 0.4) is 0 Å². The highest BCUT2D eigenvalue weighted by atomic mass is 16.2. The van der Waals surface area contributed by atoms with E-state index in [0.29, 0.717) is 5.69 Å². The van der Waals surface area contributed by atoms with E-state index in [4.69, 9.17) is 4.98 Å². The lowest BCUT2D eigenvalue weighted by Crippen LogP contribution is -2.46. The smallest absolute Gasteiger partial charge is 0.272 e. The minimum atomic E-state index is -0.0653. The number of fused-ring (bicyclic) bond motifs is 1. The molecule has 5 rings (SSSR count). The molecule has 3 aliphatic rings. The van der Waals surface area contributed by atoms with Gasteiger partial charge in [0.05, 0.1) is 5.39 Å². The summed E-state index contributed by atoms with van der Waals surface area (Å²) in [6.07, 6.45) is 13.9. The number of aromatic nitrogens is 3. The molecule has 0 aromatic carbocycles. The van der Waals surface area contributed by atoms with Crippen molar-refractivity contribution in [2.24, 2.45) is 7.05 Å². The molecule has 2 aromatic rings. The fourth-order valence-corrected chi connectivity index (χ4v) is 6.14. The molecular formula is C28H45N7O. The van der Waals surface area contributed by atoms with Crippen LogP contribution >= 0.6 is 0 Å². The molecule has 0 unspecified atom stereocenters. The fraction of sp³-hybridized carbons (Fsp3) is 0.750. The van der Waals surface area contributed by atoms with Crippen LogP contribution in [0, 0.1) is 0 Å². The third-order valence-corrected chi connectivity index (χ3v) is 8.42. The van der Waals surface area contributed by atoms with Crippen molar-refractivity contribution in [3.05, 3.63) is 17.8 Å². The molecule has 3 saturated heterocycles. The Bertz CT molecular complexity index is 981. The molecule has 0 aliphatic carbocycles. The Morgan fingerprint density at radius 2 is 1.42 bits per heavy atom. The van der Waals surface area contributed by atoms with Gasteiger partial charge in [0, 0.05) is 52.4 Å². The summed E-state index contributed by atoms with van der Waals surface area (Å²) in [5.74, 6) is 0.941. The van der Waals surface area contributed by atoms with Crippen molar-refractivity contribution in [1.29, 1.82) is 0 Å². The van der Waals surface area contributed by atoms with Gasteiger partial charge in [0.2, 0.25) is 0 Å². The zero-order chi connectivity index (χ0) is 24.7. The van der Waals surface area contributed by atoms with E-state index < -0.39 is 0 Å². The molecule has 1 N–H and O–H groups in total. The number of pyridine rings is 1. The Kier molecular flexibility index (Phi) is 8.75. The van der Waals surface area contributed by atoms with Gasteiger partial charge in [-0.15, -0.1) is 0 Å². The Hall–Kier alpha value is -2.19. The van der Waals surface area contributed by atoms with E-state index >= 15 is 0 Å². The molecule has 8 nitrogen and oxygen atoms in total. The van der Waals surface area contributed by atoms with Gasteiger partial charge in [0.25, 0.3) is 5.91 Å². The number of anilines is 1. The predicted molar refractivity (Wildman–Crippen MR) is 146 cm³/mol. The molecule has 0 radical (unpaired) electrons. The number of carbonyl (C=O) groups excluding carboxylic acids is 1. The first kappa shape index (κ1) is 25.5. The van der Waals surface area contributed by atoms with Crippen molar-refractivity contribution in [1.82, 2.24) is 29.9 Å². The van der Waals surface area contributed by atoms with Crippen LogP contribution in [0.4, 0.5) is 5.82 Å². The van der Waals surface area contributed by atoms with Gasteiger partial charge in [-0.3, -0.25) is 4.79 Å². The Morgan fingerprint density at radius 3 is 2.08 bits per heavy atom. The molecule has 0 saturated carbocycles. The lowest BCUT2D eigenvalue weighted by Gasteiger charge is -2.33. The van der Waals surface area contributed by atoms with Crippen LogP contribution in [0.5, 0.6) is 0 Å². The van der Waals surface area contributed by atoms with E-state index in [1.165, 1.54) is 77.4 Å². The van der Waals surface area contributed by atoms with Gasteiger partial charge in [-0.2, -0.15) is 5.10 Å². The SMILES string of the molecule is Cn1nc(C(=O)NC2CCN(CCN3CCCCCC3)CC2)c2ccc(N3CCCCCCC3)nc21. The molecule has 3 fully saturated rings. The van der Waals surface area contributed by atoms with Crippen molar-refractivity contribution >= 4 is 22.8 Å². The van der Waals surface area contributed by atoms with Crippen molar-refractivity contribution < 1.29 is 4.79 Å². The van der Waals surface area contributed by atoms with E-state index in [1.807, 2.05) is 13.1 Å². The molecule has 5 heterocycles. The van der Waals surface area contributed by atoms with Gasteiger partial charge < -0.3 is 20.0 Å². The van der Waals surface area contributed by atoms with Gasteiger partial charge in [0.1, 0.15) is 5.82 Å². The number of nitrogens with one attached hydrogen (secondary N) is 1. The molecule has 36 heavy (non-hydrogen) atoms. The first-order valence-electron chi connectivity index (χ1n) is 14.5. The maximum atomic E-state index is 13.2. The van der Waals surface area contributed by atoms with Gasteiger partial charge in [-0.05, 0) is 63.7 Å². The highest BCUT2D eigenvalue weighted by Crippen LogP contribution is 2.23. The highest BCUT2D eigenvalue weighted by molar-refractivity contribution is 6.04. The van der Waals surface area contributed by atoms with E-state index in [-0.39, 0.29) is 11.9 Å². The zero-order valence-electron chi connectivity index (χ0n) is 22.3. The number of piperidine rings is 1. The summed E-state index contributed by atoms with van der Waals surface area (Å²) in [7, 11) is 1.89. The molecule has 8 heteroatoms. The summed E-state index contributed by atoms with van der Waals surface area (Å²) >= 11 is 0. The number of amides is 1. The first-order valence-corrected chi connectivity index (χ1v) is 14.5. The summed E-state index contributed by atoms with van der Waals surface area (Å²) in [6.45, 7) is 9.09. The van der Waals surface area contributed by atoms with Crippen LogP contribution in [0.1, 0.15) is 81.1 Å². The summed E-state index contributed by atoms with van der Waals surface area (Å²) in [5.41, 5.74) is 1.30. The number of rotatable bonds is 6. The quantitative estimate of drug-likeness (QED) is 0.657. The number of nitrogens with zero attached hydrogens (tertiary/aromatic N) is 6. The standard InChI is InChI=1S/C28H45N7O/c1-32-27-24(11-12-25(30-27)35-17-9-3-2-4-10-18-35)26(31-32)28(36)29-23-13-19-34(20-14-23)22-21-33-15-7-5-6-8-16-33/h11-12,23H,2-10,13-22H2,1H3,(H,29,36). The number of hydrogen-bond donors (Lipinski definition) is 1. The van der Waals surface area contributed by atoms with E-state index in [9.17, 15) is 4.79 Å². The van der Waals surface area contributed by atoms with Crippen LogP contribution in [-0.4, -0.2) is 88.9 Å². The van der Waals surface area contributed by atoms with Crippen molar-refractivity contribution in [3.8, 4) is 0 Å². The minimum Gasteiger partial charge on any atom is -0.357 e. The molecule has 0 atom stereocenters. The van der Waals surface area contributed by atoms with Crippen molar-refractivity contribution in [2.45, 2.75) is 76.7 Å². The predicted octanol–water partition coefficient (Wildman–Crippen LogP) is 3.81. The van der Waals surface area contributed by atoms with Crippen LogP contribution < -0.4 is 10.2 Å². The normalized spacial score (nSPS) is 21.8. The molecule has 198 valence electrons. The van der Waals surface area contributed by atoms with Gasteiger partial charge in [-0.25, -0.2) is 9.67 Å². The molecule has 2 aromatic heterocycles. The van der Waals surface area contributed by atoms with Gasteiger partial charge >= 0.3 is 0 Å². The number of hydrogen-bond acceptors (Lipinski definition) is 6. The second-order valence-corrected chi connectivity index (χ2v) is 11.1. The third-order valence-electron chi connectivity index (χ3n) is 8.42.